The molecule has 0 saturated carbocycles. The van der Waals surface area contributed by atoms with Gasteiger partial charge in [0.15, 0.2) is 0 Å². The van der Waals surface area contributed by atoms with E-state index < -0.39 is 11.7 Å². The molecule has 1 atom stereocenters. The van der Waals surface area contributed by atoms with Gasteiger partial charge in [0.05, 0.1) is 17.6 Å². The summed E-state index contributed by atoms with van der Waals surface area (Å²) < 4.78 is 39.4. The van der Waals surface area contributed by atoms with Gasteiger partial charge in [-0.2, -0.15) is 18.4 Å². The second-order valence-electron chi connectivity index (χ2n) is 4.55. The van der Waals surface area contributed by atoms with Gasteiger partial charge in [0.25, 0.3) is 0 Å². The SMILES string of the molecule is CCN(CC(C)C#N)c1ccc(CCl)cc1C(F)(F)F. The van der Waals surface area contributed by atoms with Crippen LogP contribution in [-0.2, 0) is 12.1 Å². The maximum absolute atomic E-state index is 13.1. The number of hydrogen-bond acceptors (Lipinski definition) is 2. The van der Waals surface area contributed by atoms with E-state index in [2.05, 4.69) is 0 Å². The van der Waals surface area contributed by atoms with E-state index in [4.69, 9.17) is 16.9 Å². The molecule has 1 aromatic carbocycles. The Bertz CT molecular complexity index is 494. The number of rotatable bonds is 5. The van der Waals surface area contributed by atoms with Crippen molar-refractivity contribution in [3.63, 3.8) is 0 Å². The molecule has 0 aliphatic heterocycles. The van der Waals surface area contributed by atoms with Gasteiger partial charge in [-0.15, -0.1) is 11.6 Å². The van der Waals surface area contributed by atoms with Gasteiger partial charge in [-0.1, -0.05) is 6.07 Å². The number of alkyl halides is 4. The van der Waals surface area contributed by atoms with Crippen LogP contribution in [0, 0.1) is 17.2 Å². The molecule has 0 saturated heterocycles. The van der Waals surface area contributed by atoms with E-state index in [1.807, 2.05) is 6.07 Å². The fourth-order valence-corrected chi connectivity index (χ4v) is 2.10. The van der Waals surface area contributed by atoms with Gasteiger partial charge in [-0.3, -0.25) is 0 Å². The van der Waals surface area contributed by atoms with Crippen molar-refractivity contribution in [1.29, 1.82) is 5.26 Å². The third-order valence-corrected chi connectivity index (χ3v) is 3.27. The first-order valence-corrected chi connectivity index (χ1v) is 6.77. The van der Waals surface area contributed by atoms with Crippen LogP contribution >= 0.6 is 11.6 Å². The first-order valence-electron chi connectivity index (χ1n) is 6.24. The normalized spacial score (nSPS) is 12.8. The zero-order valence-electron chi connectivity index (χ0n) is 11.3. The molecular formula is C14H16ClF3N2. The lowest BCUT2D eigenvalue weighted by atomic mass is 10.1. The Balaban J connectivity index is 3.24. The molecule has 0 aromatic heterocycles. The molecule has 1 aromatic rings. The van der Waals surface area contributed by atoms with Crippen molar-refractivity contribution in [3.05, 3.63) is 29.3 Å². The average molecular weight is 305 g/mol. The van der Waals surface area contributed by atoms with Gasteiger partial charge in [0.1, 0.15) is 0 Å². The van der Waals surface area contributed by atoms with Crippen molar-refractivity contribution in [2.24, 2.45) is 5.92 Å². The van der Waals surface area contributed by atoms with E-state index in [0.29, 0.717) is 12.1 Å². The first-order chi connectivity index (χ1) is 9.33. The van der Waals surface area contributed by atoms with Gasteiger partial charge in [0, 0.05) is 24.7 Å². The maximum Gasteiger partial charge on any atom is 0.418 e. The van der Waals surface area contributed by atoms with Crippen LogP contribution in [0.2, 0.25) is 0 Å². The van der Waals surface area contributed by atoms with Crippen LogP contribution in [0.4, 0.5) is 18.9 Å². The maximum atomic E-state index is 13.1. The molecule has 1 unspecified atom stereocenters. The van der Waals surface area contributed by atoms with Crippen molar-refractivity contribution < 1.29 is 13.2 Å². The van der Waals surface area contributed by atoms with Crippen LogP contribution in [0.15, 0.2) is 18.2 Å². The zero-order valence-corrected chi connectivity index (χ0v) is 12.1. The van der Waals surface area contributed by atoms with Crippen molar-refractivity contribution in [3.8, 4) is 6.07 Å². The molecule has 2 nitrogen and oxygen atoms in total. The van der Waals surface area contributed by atoms with E-state index in [0.717, 1.165) is 6.07 Å². The van der Waals surface area contributed by atoms with Crippen LogP contribution in [0.1, 0.15) is 25.0 Å². The molecule has 0 heterocycles. The quantitative estimate of drug-likeness (QED) is 0.752. The summed E-state index contributed by atoms with van der Waals surface area (Å²) in [6.45, 7) is 4.11. The summed E-state index contributed by atoms with van der Waals surface area (Å²) >= 11 is 5.60. The summed E-state index contributed by atoms with van der Waals surface area (Å²) in [7, 11) is 0. The van der Waals surface area contributed by atoms with Crippen molar-refractivity contribution >= 4 is 17.3 Å². The molecule has 0 aliphatic rings. The standard InChI is InChI=1S/C14H16ClF3N2/c1-3-20(9-10(2)8-19)13-5-4-11(7-15)6-12(13)14(16,17)18/h4-6,10H,3,7,9H2,1-2H3. The van der Waals surface area contributed by atoms with Crippen LogP contribution in [0.5, 0.6) is 0 Å². The monoisotopic (exact) mass is 304 g/mol. The van der Waals surface area contributed by atoms with Crippen LogP contribution < -0.4 is 4.90 Å². The predicted octanol–water partition coefficient (Wildman–Crippen LogP) is 4.43. The second kappa shape index (κ2) is 6.85. The molecule has 0 aliphatic carbocycles. The van der Waals surface area contributed by atoms with E-state index in [9.17, 15) is 13.2 Å². The molecule has 0 N–H and O–H groups in total. The summed E-state index contributed by atoms with van der Waals surface area (Å²) in [5.41, 5.74) is -0.189. The Labute approximate surface area is 121 Å². The zero-order chi connectivity index (χ0) is 15.3. The Morgan fingerprint density at radius 3 is 2.50 bits per heavy atom. The fraction of sp³-hybridized carbons (Fsp3) is 0.500. The summed E-state index contributed by atoms with van der Waals surface area (Å²) in [4.78, 5) is 1.56. The highest BCUT2D eigenvalue weighted by Crippen LogP contribution is 2.37. The minimum atomic E-state index is -4.44. The number of nitriles is 1. The van der Waals surface area contributed by atoms with Crippen molar-refractivity contribution in [1.82, 2.24) is 0 Å². The summed E-state index contributed by atoms with van der Waals surface area (Å²) in [6, 6.07) is 6.11. The lowest BCUT2D eigenvalue weighted by Gasteiger charge is -2.27. The van der Waals surface area contributed by atoms with E-state index >= 15 is 0 Å². The number of hydrogen-bond donors (Lipinski definition) is 0. The molecule has 110 valence electrons. The molecule has 6 heteroatoms. The molecule has 0 amide bonds. The number of halogens is 4. The van der Waals surface area contributed by atoms with Crippen LogP contribution in [-0.4, -0.2) is 13.1 Å². The molecule has 0 bridgehead atoms. The average Bonchev–Trinajstić information content (AvgIpc) is 2.42. The fourth-order valence-electron chi connectivity index (χ4n) is 1.94. The van der Waals surface area contributed by atoms with Crippen molar-refractivity contribution in [2.75, 3.05) is 18.0 Å². The van der Waals surface area contributed by atoms with Gasteiger partial charge < -0.3 is 4.90 Å². The molecule has 0 fully saturated rings. The Kier molecular flexibility index (Phi) is 5.70. The second-order valence-corrected chi connectivity index (χ2v) is 4.82. The van der Waals surface area contributed by atoms with E-state index in [1.54, 1.807) is 24.8 Å². The summed E-state index contributed by atoms with van der Waals surface area (Å²) in [5, 5.41) is 8.82. The van der Waals surface area contributed by atoms with E-state index in [-0.39, 0.29) is 24.0 Å². The number of nitrogens with zero attached hydrogens (tertiary/aromatic N) is 2. The third kappa shape index (κ3) is 4.04. The summed E-state index contributed by atoms with van der Waals surface area (Å²) in [5.74, 6) is -0.312. The third-order valence-electron chi connectivity index (χ3n) is 2.96. The molecule has 20 heavy (non-hydrogen) atoms. The molecule has 1 rings (SSSR count). The minimum Gasteiger partial charge on any atom is -0.370 e. The van der Waals surface area contributed by atoms with Crippen molar-refractivity contribution in [2.45, 2.75) is 25.9 Å². The van der Waals surface area contributed by atoms with Gasteiger partial charge in [-0.25, -0.2) is 0 Å². The lowest BCUT2D eigenvalue weighted by Crippen LogP contribution is -2.30. The highest BCUT2D eigenvalue weighted by atomic mass is 35.5. The highest BCUT2D eigenvalue weighted by molar-refractivity contribution is 6.17. The molecule has 0 spiro atoms. The Morgan fingerprint density at radius 1 is 1.40 bits per heavy atom. The largest absolute Gasteiger partial charge is 0.418 e. The van der Waals surface area contributed by atoms with Gasteiger partial charge in [0.2, 0.25) is 0 Å². The Morgan fingerprint density at radius 2 is 2.05 bits per heavy atom. The first kappa shape index (κ1) is 16.6. The van der Waals surface area contributed by atoms with Gasteiger partial charge >= 0.3 is 6.18 Å². The van der Waals surface area contributed by atoms with Gasteiger partial charge in [-0.05, 0) is 31.5 Å². The predicted molar refractivity (Wildman–Crippen MR) is 73.7 cm³/mol. The Hall–Kier alpha value is -1.41. The van der Waals surface area contributed by atoms with Crippen LogP contribution in [0.25, 0.3) is 0 Å². The molecule has 0 radical (unpaired) electrons. The topological polar surface area (TPSA) is 27.0 Å². The summed E-state index contributed by atoms with van der Waals surface area (Å²) in [6.07, 6.45) is -4.44. The number of anilines is 1. The molecular weight excluding hydrogens is 289 g/mol. The van der Waals surface area contributed by atoms with Crippen LogP contribution in [0.3, 0.4) is 0 Å². The number of benzene rings is 1. The van der Waals surface area contributed by atoms with E-state index in [1.165, 1.54) is 6.07 Å². The smallest absolute Gasteiger partial charge is 0.370 e. The lowest BCUT2D eigenvalue weighted by molar-refractivity contribution is -0.137. The highest BCUT2D eigenvalue weighted by Gasteiger charge is 2.35. The minimum absolute atomic E-state index is 0.0318.